The van der Waals surface area contributed by atoms with Crippen molar-refractivity contribution in [1.29, 1.82) is 0 Å². The van der Waals surface area contributed by atoms with Crippen LogP contribution in [0.3, 0.4) is 0 Å². The summed E-state index contributed by atoms with van der Waals surface area (Å²) in [7, 11) is 0. The summed E-state index contributed by atoms with van der Waals surface area (Å²) in [5.41, 5.74) is -0.234. The molecule has 0 aliphatic carbocycles. The molecule has 5 heteroatoms. The Morgan fingerprint density at radius 1 is 1.29 bits per heavy atom. The molecule has 0 aromatic carbocycles. The molecule has 0 aliphatic rings. The fourth-order valence-electron chi connectivity index (χ4n) is 1.26. The first-order valence-electron chi connectivity index (χ1n) is 4.79. The summed E-state index contributed by atoms with van der Waals surface area (Å²) in [5, 5.41) is 21.2. The van der Waals surface area contributed by atoms with Gasteiger partial charge in [-0.25, -0.2) is 0 Å². The third-order valence-corrected chi connectivity index (χ3v) is 2.03. The second-order valence-electron chi connectivity index (χ2n) is 3.44. The molecule has 1 heterocycles. The van der Waals surface area contributed by atoms with Crippen molar-refractivity contribution in [2.45, 2.75) is 13.8 Å². The highest BCUT2D eigenvalue weighted by Gasteiger charge is 2.04. The highest BCUT2D eigenvalue weighted by Crippen LogP contribution is 2.16. The van der Waals surface area contributed by atoms with Crippen LogP contribution in [0.4, 0.5) is 0 Å². The minimum Gasteiger partial charge on any atom is -0.545 e. The molecular formula is C12H10O5-2. The molecule has 0 spiro atoms. The Balaban J connectivity index is 3.14. The van der Waals surface area contributed by atoms with Gasteiger partial charge >= 0.3 is 0 Å². The molecule has 1 rings (SSSR count). The van der Waals surface area contributed by atoms with Crippen molar-refractivity contribution in [2.24, 2.45) is 0 Å². The third kappa shape index (κ3) is 3.64. The van der Waals surface area contributed by atoms with E-state index >= 15 is 0 Å². The Morgan fingerprint density at radius 3 is 2.35 bits per heavy atom. The van der Waals surface area contributed by atoms with E-state index < -0.39 is 11.9 Å². The van der Waals surface area contributed by atoms with Gasteiger partial charge in [0.05, 0.1) is 11.9 Å². The van der Waals surface area contributed by atoms with E-state index in [-0.39, 0.29) is 11.1 Å². The van der Waals surface area contributed by atoms with Crippen LogP contribution in [-0.4, -0.2) is 11.9 Å². The summed E-state index contributed by atoms with van der Waals surface area (Å²) in [4.78, 5) is 21.2. The van der Waals surface area contributed by atoms with E-state index in [0.29, 0.717) is 17.6 Å². The number of rotatable bonds is 4. The smallest absolute Gasteiger partial charge is 0.127 e. The number of carbonyl (C=O) groups is 2. The van der Waals surface area contributed by atoms with Crippen molar-refractivity contribution in [3.8, 4) is 0 Å². The fourth-order valence-corrected chi connectivity index (χ4v) is 1.26. The maximum Gasteiger partial charge on any atom is 0.127 e. The van der Waals surface area contributed by atoms with Crippen LogP contribution in [0.1, 0.15) is 18.4 Å². The SMILES string of the molecule is CC(=C\C(=O)[O-])/C(=C/c1ccc(C)o1)C(=O)[O-]. The number of carboxylic acid groups (broad SMARTS) is 2. The molecule has 0 bridgehead atoms. The van der Waals surface area contributed by atoms with Crippen LogP contribution < -0.4 is 10.2 Å². The second kappa shape index (κ2) is 5.16. The first-order valence-corrected chi connectivity index (χ1v) is 4.79. The van der Waals surface area contributed by atoms with Crippen LogP contribution >= 0.6 is 0 Å². The lowest BCUT2D eigenvalue weighted by atomic mass is 10.1. The molecule has 0 atom stereocenters. The van der Waals surface area contributed by atoms with E-state index in [0.717, 1.165) is 0 Å². The van der Waals surface area contributed by atoms with Crippen molar-refractivity contribution in [3.63, 3.8) is 0 Å². The predicted octanol–water partition coefficient (Wildman–Crippen LogP) is -0.582. The lowest BCUT2D eigenvalue weighted by molar-refractivity contribution is -0.298. The maximum absolute atomic E-state index is 10.9. The Kier molecular flexibility index (Phi) is 3.87. The number of carboxylic acids is 2. The minimum atomic E-state index is -1.48. The molecule has 17 heavy (non-hydrogen) atoms. The summed E-state index contributed by atoms with van der Waals surface area (Å²) in [6.45, 7) is 3.05. The Bertz CT molecular complexity index is 505. The summed E-state index contributed by atoms with van der Waals surface area (Å²) >= 11 is 0. The zero-order valence-electron chi connectivity index (χ0n) is 9.35. The molecule has 0 radical (unpaired) electrons. The number of hydrogen-bond acceptors (Lipinski definition) is 5. The van der Waals surface area contributed by atoms with Crippen LogP contribution in [-0.2, 0) is 9.59 Å². The predicted molar refractivity (Wildman–Crippen MR) is 55.2 cm³/mol. The molecule has 0 N–H and O–H groups in total. The van der Waals surface area contributed by atoms with Gasteiger partial charge in [-0.05, 0) is 43.7 Å². The van der Waals surface area contributed by atoms with E-state index in [1.54, 1.807) is 19.1 Å². The number of hydrogen-bond donors (Lipinski definition) is 0. The van der Waals surface area contributed by atoms with E-state index in [2.05, 4.69) is 0 Å². The van der Waals surface area contributed by atoms with Gasteiger partial charge in [0.15, 0.2) is 0 Å². The molecule has 0 unspecified atom stereocenters. The van der Waals surface area contributed by atoms with E-state index in [9.17, 15) is 19.8 Å². The van der Waals surface area contributed by atoms with Gasteiger partial charge in [0, 0.05) is 5.57 Å². The Labute approximate surface area is 97.7 Å². The van der Waals surface area contributed by atoms with Gasteiger partial charge in [-0.15, -0.1) is 0 Å². The molecule has 0 fully saturated rings. The highest BCUT2D eigenvalue weighted by atomic mass is 16.4. The van der Waals surface area contributed by atoms with Gasteiger partial charge in [-0.1, -0.05) is 0 Å². The molecule has 0 saturated carbocycles. The minimum absolute atomic E-state index is 0.0269. The van der Waals surface area contributed by atoms with E-state index in [1.165, 1.54) is 13.0 Å². The summed E-state index contributed by atoms with van der Waals surface area (Å²) in [5.74, 6) is -2.01. The van der Waals surface area contributed by atoms with Crippen molar-refractivity contribution in [2.75, 3.05) is 0 Å². The van der Waals surface area contributed by atoms with Crippen LogP contribution in [0.2, 0.25) is 0 Å². The van der Waals surface area contributed by atoms with Crippen molar-refractivity contribution >= 4 is 18.0 Å². The van der Waals surface area contributed by atoms with Gasteiger partial charge in [-0.2, -0.15) is 0 Å². The molecular weight excluding hydrogens is 224 g/mol. The molecule has 0 amide bonds. The quantitative estimate of drug-likeness (QED) is 0.513. The monoisotopic (exact) mass is 234 g/mol. The van der Waals surface area contributed by atoms with Gasteiger partial charge < -0.3 is 24.2 Å². The highest BCUT2D eigenvalue weighted by molar-refractivity contribution is 5.97. The van der Waals surface area contributed by atoms with Crippen molar-refractivity contribution in [3.05, 3.63) is 40.9 Å². The maximum atomic E-state index is 10.9. The Morgan fingerprint density at radius 2 is 1.94 bits per heavy atom. The second-order valence-corrected chi connectivity index (χ2v) is 3.44. The molecule has 1 aromatic rings. The lowest BCUT2D eigenvalue weighted by Crippen LogP contribution is -2.26. The zero-order valence-corrected chi connectivity index (χ0v) is 9.35. The van der Waals surface area contributed by atoms with Crippen molar-refractivity contribution < 1.29 is 24.2 Å². The first kappa shape index (κ1) is 12.8. The Hall–Kier alpha value is -2.30. The normalized spacial score (nSPS) is 12.6. The van der Waals surface area contributed by atoms with E-state index in [1.807, 2.05) is 0 Å². The summed E-state index contributed by atoms with van der Waals surface area (Å²) in [6.07, 6.45) is 1.90. The molecule has 90 valence electrons. The number of furan rings is 1. The molecule has 0 aliphatic heterocycles. The van der Waals surface area contributed by atoms with Crippen LogP contribution in [0.25, 0.3) is 6.08 Å². The largest absolute Gasteiger partial charge is 0.545 e. The fraction of sp³-hybridized carbons (Fsp3) is 0.167. The summed E-state index contributed by atoms with van der Waals surface area (Å²) in [6, 6.07) is 3.24. The van der Waals surface area contributed by atoms with E-state index in [4.69, 9.17) is 4.42 Å². The van der Waals surface area contributed by atoms with Crippen molar-refractivity contribution in [1.82, 2.24) is 0 Å². The average Bonchev–Trinajstić information content (AvgIpc) is 2.58. The third-order valence-electron chi connectivity index (χ3n) is 2.03. The van der Waals surface area contributed by atoms with Crippen LogP contribution in [0.5, 0.6) is 0 Å². The van der Waals surface area contributed by atoms with Gasteiger partial charge in [0.2, 0.25) is 0 Å². The average molecular weight is 234 g/mol. The lowest BCUT2D eigenvalue weighted by Gasteiger charge is -2.09. The zero-order chi connectivity index (χ0) is 13.0. The number of aliphatic carboxylic acids is 2. The molecule has 1 aromatic heterocycles. The standard InChI is InChI=1S/C12H12O5/c1-7(5-11(13)14)10(12(15)16)6-9-4-3-8(2)17-9/h3-6H,1-2H3,(H,13,14)(H,15,16)/p-2/b7-5+,10-6-. The summed E-state index contributed by atoms with van der Waals surface area (Å²) < 4.78 is 5.16. The number of carbonyl (C=O) groups excluding carboxylic acids is 2. The van der Waals surface area contributed by atoms with Gasteiger partial charge in [0.25, 0.3) is 0 Å². The van der Waals surface area contributed by atoms with Crippen LogP contribution in [0.15, 0.2) is 33.8 Å². The first-order chi connectivity index (χ1) is 7.90. The van der Waals surface area contributed by atoms with Gasteiger partial charge in [-0.3, -0.25) is 0 Å². The number of aryl methyl sites for hydroxylation is 1. The van der Waals surface area contributed by atoms with Crippen LogP contribution in [0, 0.1) is 6.92 Å². The molecule has 0 saturated heterocycles. The molecule has 5 nitrogen and oxygen atoms in total. The van der Waals surface area contributed by atoms with Gasteiger partial charge in [0.1, 0.15) is 11.5 Å². The topological polar surface area (TPSA) is 93.4 Å².